The third kappa shape index (κ3) is 4.37. The van der Waals surface area contributed by atoms with Crippen molar-refractivity contribution in [3.8, 4) is 0 Å². The maximum atomic E-state index is 9.92. The molecule has 16 heavy (non-hydrogen) atoms. The van der Waals surface area contributed by atoms with Gasteiger partial charge >= 0.3 is 0 Å². The van der Waals surface area contributed by atoms with Crippen LogP contribution in [0.25, 0.3) is 0 Å². The molecule has 1 atom stereocenters. The van der Waals surface area contributed by atoms with Gasteiger partial charge in [0.05, 0.1) is 18.6 Å². The van der Waals surface area contributed by atoms with Gasteiger partial charge in [0.25, 0.3) is 0 Å². The van der Waals surface area contributed by atoms with Crippen molar-refractivity contribution in [1.82, 2.24) is 4.90 Å². The molecule has 1 aromatic heterocycles. The summed E-state index contributed by atoms with van der Waals surface area (Å²) in [6.07, 6.45) is 4.00. The Morgan fingerprint density at radius 1 is 1.44 bits per heavy atom. The van der Waals surface area contributed by atoms with E-state index >= 15 is 0 Å². The summed E-state index contributed by atoms with van der Waals surface area (Å²) in [6.45, 7) is 7.95. The minimum absolute atomic E-state index is 0.0313. The van der Waals surface area contributed by atoms with Gasteiger partial charge in [-0.3, -0.25) is 0 Å². The largest absolute Gasteiger partial charge is 0.472 e. The SMILES string of the molecule is CN(CCC(O)C(C)(C)C)Cc1ccoc1. The van der Waals surface area contributed by atoms with E-state index < -0.39 is 0 Å². The van der Waals surface area contributed by atoms with E-state index in [0.29, 0.717) is 0 Å². The summed E-state index contributed by atoms with van der Waals surface area (Å²) in [5, 5.41) is 9.92. The van der Waals surface area contributed by atoms with Crippen LogP contribution < -0.4 is 0 Å². The number of furan rings is 1. The molecule has 0 aromatic carbocycles. The van der Waals surface area contributed by atoms with E-state index in [1.807, 2.05) is 6.07 Å². The number of rotatable bonds is 5. The van der Waals surface area contributed by atoms with Crippen LogP contribution in [0.2, 0.25) is 0 Å². The van der Waals surface area contributed by atoms with Crippen molar-refractivity contribution in [2.45, 2.75) is 39.8 Å². The maximum absolute atomic E-state index is 9.92. The first-order chi connectivity index (χ1) is 7.39. The smallest absolute Gasteiger partial charge is 0.0947 e. The highest BCUT2D eigenvalue weighted by Crippen LogP contribution is 2.21. The molecule has 92 valence electrons. The van der Waals surface area contributed by atoms with Crippen LogP contribution in [0.4, 0.5) is 0 Å². The second-order valence-corrected chi connectivity index (χ2v) is 5.54. The molecule has 0 spiro atoms. The van der Waals surface area contributed by atoms with Crippen molar-refractivity contribution in [3.63, 3.8) is 0 Å². The predicted molar refractivity (Wildman–Crippen MR) is 65.1 cm³/mol. The first-order valence-electron chi connectivity index (χ1n) is 5.77. The molecule has 0 amide bonds. The third-order valence-corrected chi connectivity index (χ3v) is 2.82. The topological polar surface area (TPSA) is 36.6 Å². The minimum Gasteiger partial charge on any atom is -0.472 e. The van der Waals surface area contributed by atoms with Crippen LogP contribution in [0.1, 0.15) is 32.8 Å². The number of aliphatic hydroxyl groups excluding tert-OH is 1. The van der Waals surface area contributed by atoms with Gasteiger partial charge in [-0.05, 0) is 24.9 Å². The van der Waals surface area contributed by atoms with Crippen molar-refractivity contribution in [1.29, 1.82) is 0 Å². The molecular weight excluding hydrogens is 202 g/mol. The maximum Gasteiger partial charge on any atom is 0.0947 e. The Morgan fingerprint density at radius 3 is 2.62 bits per heavy atom. The summed E-state index contributed by atoms with van der Waals surface area (Å²) in [7, 11) is 2.06. The molecule has 0 aliphatic rings. The second-order valence-electron chi connectivity index (χ2n) is 5.54. The second kappa shape index (κ2) is 5.51. The fraction of sp³-hybridized carbons (Fsp3) is 0.692. The molecule has 1 N–H and O–H groups in total. The summed E-state index contributed by atoms with van der Waals surface area (Å²) in [5.41, 5.74) is 1.14. The Balaban J connectivity index is 2.28. The molecule has 1 aromatic rings. The lowest BCUT2D eigenvalue weighted by atomic mass is 9.87. The van der Waals surface area contributed by atoms with Gasteiger partial charge in [-0.2, -0.15) is 0 Å². The first kappa shape index (κ1) is 13.3. The molecular formula is C13H23NO2. The van der Waals surface area contributed by atoms with Gasteiger partial charge in [-0.1, -0.05) is 20.8 Å². The van der Waals surface area contributed by atoms with Crippen molar-refractivity contribution in [2.24, 2.45) is 5.41 Å². The lowest BCUT2D eigenvalue weighted by Crippen LogP contribution is -2.30. The van der Waals surface area contributed by atoms with Gasteiger partial charge in [0.1, 0.15) is 0 Å². The van der Waals surface area contributed by atoms with Crippen molar-refractivity contribution < 1.29 is 9.52 Å². The molecule has 0 saturated carbocycles. The van der Waals surface area contributed by atoms with Gasteiger partial charge < -0.3 is 14.4 Å². The molecule has 1 heterocycles. The van der Waals surface area contributed by atoms with Crippen LogP contribution in [0.15, 0.2) is 23.0 Å². The lowest BCUT2D eigenvalue weighted by molar-refractivity contribution is 0.0473. The lowest BCUT2D eigenvalue weighted by Gasteiger charge is -2.27. The van der Waals surface area contributed by atoms with Crippen LogP contribution in [0.5, 0.6) is 0 Å². The summed E-state index contributed by atoms with van der Waals surface area (Å²) >= 11 is 0. The zero-order valence-electron chi connectivity index (χ0n) is 10.7. The summed E-state index contributed by atoms with van der Waals surface area (Å²) in [4.78, 5) is 2.19. The molecule has 0 bridgehead atoms. The van der Waals surface area contributed by atoms with E-state index in [9.17, 15) is 5.11 Å². The van der Waals surface area contributed by atoms with Crippen LogP contribution in [-0.4, -0.2) is 29.7 Å². The van der Waals surface area contributed by atoms with E-state index in [0.717, 1.165) is 19.5 Å². The Kier molecular flexibility index (Phi) is 4.56. The minimum atomic E-state index is -0.251. The van der Waals surface area contributed by atoms with E-state index in [-0.39, 0.29) is 11.5 Å². The van der Waals surface area contributed by atoms with Crippen molar-refractivity contribution >= 4 is 0 Å². The average Bonchev–Trinajstić information content (AvgIpc) is 2.65. The first-order valence-corrected chi connectivity index (χ1v) is 5.77. The van der Waals surface area contributed by atoms with Crippen LogP contribution in [0.3, 0.4) is 0 Å². The third-order valence-electron chi connectivity index (χ3n) is 2.82. The fourth-order valence-electron chi connectivity index (χ4n) is 1.55. The van der Waals surface area contributed by atoms with Crippen molar-refractivity contribution in [3.05, 3.63) is 24.2 Å². The number of nitrogens with zero attached hydrogens (tertiary/aromatic N) is 1. The molecule has 3 nitrogen and oxygen atoms in total. The molecule has 3 heteroatoms. The standard InChI is InChI=1S/C13H23NO2/c1-13(2,3)12(15)5-7-14(4)9-11-6-8-16-10-11/h6,8,10,12,15H,5,7,9H2,1-4H3. The highest BCUT2D eigenvalue weighted by molar-refractivity contribution is 5.04. The van der Waals surface area contributed by atoms with E-state index in [4.69, 9.17) is 4.42 Å². The summed E-state index contributed by atoms with van der Waals surface area (Å²) in [6, 6.07) is 1.97. The zero-order valence-corrected chi connectivity index (χ0v) is 10.7. The van der Waals surface area contributed by atoms with Crippen LogP contribution in [-0.2, 0) is 6.54 Å². The van der Waals surface area contributed by atoms with E-state index in [1.54, 1.807) is 12.5 Å². The highest BCUT2D eigenvalue weighted by atomic mass is 16.3. The molecule has 1 unspecified atom stereocenters. The molecule has 0 fully saturated rings. The number of hydrogen-bond donors (Lipinski definition) is 1. The normalized spacial score (nSPS) is 14.4. The van der Waals surface area contributed by atoms with Gasteiger partial charge in [0.15, 0.2) is 0 Å². The van der Waals surface area contributed by atoms with Crippen LogP contribution in [0, 0.1) is 5.41 Å². The Labute approximate surface area is 98.1 Å². The van der Waals surface area contributed by atoms with Crippen molar-refractivity contribution in [2.75, 3.05) is 13.6 Å². The number of aliphatic hydroxyl groups is 1. The van der Waals surface area contributed by atoms with Gasteiger partial charge in [-0.25, -0.2) is 0 Å². The monoisotopic (exact) mass is 225 g/mol. The molecule has 1 rings (SSSR count). The Morgan fingerprint density at radius 2 is 2.12 bits per heavy atom. The molecule has 0 aliphatic carbocycles. The van der Waals surface area contributed by atoms with E-state index in [2.05, 4.69) is 32.7 Å². The summed E-state index contributed by atoms with van der Waals surface area (Å²) < 4.78 is 5.02. The molecule has 0 saturated heterocycles. The van der Waals surface area contributed by atoms with Crippen LogP contribution >= 0.6 is 0 Å². The zero-order chi connectivity index (χ0) is 12.2. The highest BCUT2D eigenvalue weighted by Gasteiger charge is 2.21. The van der Waals surface area contributed by atoms with Gasteiger partial charge in [0.2, 0.25) is 0 Å². The summed E-state index contributed by atoms with van der Waals surface area (Å²) in [5.74, 6) is 0. The average molecular weight is 225 g/mol. The molecule has 0 aliphatic heterocycles. The quantitative estimate of drug-likeness (QED) is 0.836. The Hall–Kier alpha value is -0.800. The Bertz CT molecular complexity index is 287. The molecule has 0 radical (unpaired) electrons. The van der Waals surface area contributed by atoms with Gasteiger partial charge in [0, 0.05) is 18.7 Å². The fourth-order valence-corrected chi connectivity index (χ4v) is 1.55. The number of hydrogen-bond acceptors (Lipinski definition) is 3. The predicted octanol–water partition coefficient (Wildman–Crippen LogP) is 2.51. The van der Waals surface area contributed by atoms with Gasteiger partial charge in [-0.15, -0.1) is 0 Å². The van der Waals surface area contributed by atoms with E-state index in [1.165, 1.54) is 5.56 Å².